The highest BCUT2D eigenvalue weighted by Gasteiger charge is 2.10. The van der Waals surface area contributed by atoms with Crippen molar-refractivity contribution < 1.29 is 14.3 Å². The van der Waals surface area contributed by atoms with E-state index in [9.17, 15) is 9.18 Å². The fourth-order valence-electron chi connectivity index (χ4n) is 1.47. The molecule has 2 rings (SSSR count). The van der Waals surface area contributed by atoms with Crippen LogP contribution in [-0.4, -0.2) is 31.3 Å². The Morgan fingerprint density at radius 2 is 2.30 bits per heavy atom. The van der Waals surface area contributed by atoms with Crippen LogP contribution in [-0.2, 0) is 17.1 Å². The van der Waals surface area contributed by atoms with Crippen LogP contribution in [0.5, 0.6) is 0 Å². The van der Waals surface area contributed by atoms with Crippen LogP contribution in [0.1, 0.15) is 11.1 Å². The molecule has 1 aromatic carbocycles. The number of halogens is 1. The van der Waals surface area contributed by atoms with Crippen LogP contribution >= 0.6 is 11.8 Å². The summed E-state index contributed by atoms with van der Waals surface area (Å²) < 4.78 is 14.4. The average Bonchev–Trinajstić information content (AvgIpc) is 2.82. The molecule has 1 aromatic heterocycles. The maximum atomic E-state index is 13.2. The number of benzene rings is 1. The third-order valence-electron chi connectivity index (χ3n) is 2.24. The molecule has 0 radical (unpaired) electrons. The van der Waals surface area contributed by atoms with Gasteiger partial charge < -0.3 is 5.11 Å². The molecule has 1 heterocycles. The van der Waals surface area contributed by atoms with E-state index in [1.165, 1.54) is 6.07 Å². The molecule has 2 aromatic rings. The molecule has 0 unspecified atom stereocenters. The van der Waals surface area contributed by atoms with Crippen molar-refractivity contribution in [3.8, 4) is 6.07 Å². The number of tetrazole rings is 1. The van der Waals surface area contributed by atoms with Gasteiger partial charge in [-0.1, -0.05) is 11.8 Å². The highest BCUT2D eigenvalue weighted by atomic mass is 32.2. The van der Waals surface area contributed by atoms with Gasteiger partial charge in [-0.3, -0.25) is 4.79 Å². The molecule has 1 N–H and O–H groups in total. The number of aromatic nitrogens is 4. The second kappa shape index (κ2) is 6.12. The predicted octanol–water partition coefficient (Wildman–Crippen LogP) is 1.06. The zero-order valence-corrected chi connectivity index (χ0v) is 10.8. The summed E-state index contributed by atoms with van der Waals surface area (Å²) in [6, 6.07) is 5.87. The van der Waals surface area contributed by atoms with Crippen LogP contribution in [0, 0.1) is 17.1 Å². The molecule has 7 nitrogen and oxygen atoms in total. The number of carbonyl (C=O) groups is 1. The summed E-state index contributed by atoms with van der Waals surface area (Å²) in [5.41, 5.74) is 0.821. The minimum atomic E-state index is -1.06. The second-order valence-corrected chi connectivity index (χ2v) is 4.70. The van der Waals surface area contributed by atoms with E-state index in [2.05, 4.69) is 15.5 Å². The highest BCUT2D eigenvalue weighted by molar-refractivity contribution is 7.98. The molecule has 0 aliphatic carbocycles. The number of carboxylic acids is 1. The molecule has 0 fully saturated rings. The molecule has 0 saturated carbocycles. The maximum absolute atomic E-state index is 13.2. The Hall–Kier alpha value is -2.47. The monoisotopic (exact) mass is 293 g/mol. The lowest BCUT2D eigenvalue weighted by Gasteiger charge is -2.03. The summed E-state index contributed by atoms with van der Waals surface area (Å²) in [4.78, 5) is 10.6. The first kappa shape index (κ1) is 14.0. The third-order valence-corrected chi connectivity index (χ3v) is 3.27. The third kappa shape index (κ3) is 3.52. The summed E-state index contributed by atoms with van der Waals surface area (Å²) in [5, 5.41) is 28.4. The summed E-state index contributed by atoms with van der Waals surface area (Å²) in [5.74, 6) is -1.23. The quantitative estimate of drug-likeness (QED) is 0.822. The first-order valence-corrected chi connectivity index (χ1v) is 6.37. The topological polar surface area (TPSA) is 105 Å². The lowest BCUT2D eigenvalue weighted by atomic mass is 10.1. The SMILES string of the molecule is N#Cc1cc(F)cc(CSc2nnnn2CC(=O)O)c1. The van der Waals surface area contributed by atoms with E-state index in [4.69, 9.17) is 10.4 Å². The lowest BCUT2D eigenvalue weighted by Crippen LogP contribution is -2.11. The van der Waals surface area contributed by atoms with Crippen LogP contribution in [0.4, 0.5) is 4.39 Å². The Morgan fingerprint density at radius 3 is 3.00 bits per heavy atom. The van der Waals surface area contributed by atoms with Gasteiger partial charge in [0.2, 0.25) is 5.16 Å². The van der Waals surface area contributed by atoms with E-state index in [1.54, 1.807) is 6.07 Å². The number of aliphatic carboxylic acids is 1. The van der Waals surface area contributed by atoms with Gasteiger partial charge in [-0.05, 0) is 34.2 Å². The summed E-state index contributed by atoms with van der Waals surface area (Å²) in [6.45, 7) is -0.345. The minimum absolute atomic E-state index is 0.228. The van der Waals surface area contributed by atoms with Crippen LogP contribution in [0.25, 0.3) is 0 Å². The van der Waals surface area contributed by atoms with Gasteiger partial charge in [0.15, 0.2) is 0 Å². The Morgan fingerprint density at radius 1 is 1.50 bits per heavy atom. The van der Waals surface area contributed by atoms with Crippen LogP contribution in [0.3, 0.4) is 0 Å². The van der Waals surface area contributed by atoms with Crippen molar-refractivity contribution in [1.29, 1.82) is 5.26 Å². The van der Waals surface area contributed by atoms with Crippen LogP contribution in [0.2, 0.25) is 0 Å². The molecule has 0 saturated heterocycles. The summed E-state index contributed by atoms with van der Waals surface area (Å²) in [6.07, 6.45) is 0. The van der Waals surface area contributed by atoms with Gasteiger partial charge in [0.05, 0.1) is 11.6 Å². The van der Waals surface area contributed by atoms with Gasteiger partial charge in [-0.15, -0.1) is 5.10 Å². The van der Waals surface area contributed by atoms with E-state index in [0.29, 0.717) is 16.5 Å². The number of hydrogen-bond acceptors (Lipinski definition) is 6. The zero-order valence-electron chi connectivity index (χ0n) is 10.0. The van der Waals surface area contributed by atoms with Crippen LogP contribution in [0.15, 0.2) is 23.4 Å². The normalized spacial score (nSPS) is 10.2. The van der Waals surface area contributed by atoms with Gasteiger partial charge in [0.25, 0.3) is 0 Å². The van der Waals surface area contributed by atoms with Crippen molar-refractivity contribution in [3.05, 3.63) is 35.1 Å². The summed E-state index contributed by atoms with van der Waals surface area (Å²) >= 11 is 1.16. The van der Waals surface area contributed by atoms with E-state index in [1.807, 2.05) is 6.07 Å². The predicted molar refractivity (Wildman–Crippen MR) is 66.1 cm³/mol. The van der Waals surface area contributed by atoms with Gasteiger partial charge >= 0.3 is 5.97 Å². The number of hydrogen-bond donors (Lipinski definition) is 1. The molecule has 0 amide bonds. The summed E-state index contributed by atoms with van der Waals surface area (Å²) in [7, 11) is 0. The van der Waals surface area contributed by atoms with E-state index in [0.717, 1.165) is 22.5 Å². The first-order valence-electron chi connectivity index (χ1n) is 5.39. The Bertz CT molecular complexity index is 682. The molecular weight excluding hydrogens is 285 g/mol. The number of rotatable bonds is 5. The fraction of sp³-hybridized carbons (Fsp3) is 0.182. The second-order valence-electron chi connectivity index (χ2n) is 3.76. The van der Waals surface area contributed by atoms with Crippen molar-refractivity contribution in [3.63, 3.8) is 0 Å². The largest absolute Gasteiger partial charge is 0.480 e. The average molecular weight is 293 g/mol. The zero-order chi connectivity index (χ0) is 14.5. The van der Waals surface area contributed by atoms with E-state index < -0.39 is 11.8 Å². The number of nitriles is 1. The molecule has 20 heavy (non-hydrogen) atoms. The van der Waals surface area contributed by atoms with E-state index in [-0.39, 0.29) is 12.1 Å². The van der Waals surface area contributed by atoms with Crippen molar-refractivity contribution in [2.24, 2.45) is 0 Å². The molecule has 0 spiro atoms. The van der Waals surface area contributed by atoms with Crippen molar-refractivity contribution >= 4 is 17.7 Å². The standard InChI is InChI=1S/C11H8FN5O2S/c12-9-2-7(4-13)1-8(3-9)6-20-11-14-15-16-17(11)5-10(18)19/h1-3H,5-6H2,(H,18,19). The molecule has 102 valence electrons. The van der Waals surface area contributed by atoms with Gasteiger partial charge in [0.1, 0.15) is 12.4 Å². The van der Waals surface area contributed by atoms with Crippen molar-refractivity contribution in [2.45, 2.75) is 17.5 Å². The molecule has 0 bridgehead atoms. The van der Waals surface area contributed by atoms with Crippen molar-refractivity contribution in [1.82, 2.24) is 20.2 Å². The van der Waals surface area contributed by atoms with Gasteiger partial charge in [-0.25, -0.2) is 9.07 Å². The fourth-order valence-corrected chi connectivity index (χ4v) is 2.28. The van der Waals surface area contributed by atoms with Crippen molar-refractivity contribution in [2.75, 3.05) is 0 Å². The van der Waals surface area contributed by atoms with Gasteiger partial charge in [-0.2, -0.15) is 5.26 Å². The highest BCUT2D eigenvalue weighted by Crippen LogP contribution is 2.21. The minimum Gasteiger partial charge on any atom is -0.480 e. The molecule has 9 heteroatoms. The number of thioether (sulfide) groups is 1. The van der Waals surface area contributed by atoms with Gasteiger partial charge in [0, 0.05) is 5.75 Å². The lowest BCUT2D eigenvalue weighted by molar-refractivity contribution is -0.138. The van der Waals surface area contributed by atoms with Crippen LogP contribution < -0.4 is 0 Å². The molecule has 0 atom stereocenters. The molecule has 0 aliphatic rings. The Balaban J connectivity index is 2.09. The Kier molecular flexibility index (Phi) is 4.27. The maximum Gasteiger partial charge on any atom is 0.325 e. The smallest absolute Gasteiger partial charge is 0.325 e. The number of carboxylic acid groups (broad SMARTS) is 1. The molecule has 0 aliphatic heterocycles. The molecular formula is C11H8FN5O2S. The number of nitrogens with zero attached hydrogens (tertiary/aromatic N) is 5. The van der Waals surface area contributed by atoms with E-state index >= 15 is 0 Å². The Labute approximate surface area is 117 Å². The first-order chi connectivity index (χ1) is 9.58.